The van der Waals surface area contributed by atoms with E-state index in [1.807, 2.05) is 0 Å². The molecule has 0 aliphatic carbocycles. The summed E-state index contributed by atoms with van der Waals surface area (Å²) in [5.74, 6) is 5.99. The van der Waals surface area contributed by atoms with E-state index in [1.54, 1.807) is 11.3 Å². The fourth-order valence-corrected chi connectivity index (χ4v) is 3.46. The van der Waals surface area contributed by atoms with E-state index in [9.17, 15) is 5.11 Å². The molecule has 0 bridgehead atoms. The van der Waals surface area contributed by atoms with Crippen LogP contribution in [0.3, 0.4) is 0 Å². The number of aliphatic hydroxyl groups excluding tert-OH is 2. The van der Waals surface area contributed by atoms with Gasteiger partial charge in [0.15, 0.2) is 0 Å². The predicted octanol–water partition coefficient (Wildman–Crippen LogP) is 1.45. The molecule has 1 unspecified atom stereocenters. The molecule has 1 fully saturated rings. The molecular formula is C16H23NO3S. The molecule has 1 atom stereocenters. The van der Waals surface area contributed by atoms with E-state index >= 15 is 0 Å². The van der Waals surface area contributed by atoms with Crippen molar-refractivity contribution in [1.29, 1.82) is 0 Å². The second kappa shape index (κ2) is 7.39. The van der Waals surface area contributed by atoms with Gasteiger partial charge >= 0.3 is 0 Å². The monoisotopic (exact) mass is 309 g/mol. The Morgan fingerprint density at radius 3 is 3.00 bits per heavy atom. The summed E-state index contributed by atoms with van der Waals surface area (Å²) in [6.07, 6.45) is 0.401. The standard InChI is InChI=1S/C16H23NO3S/c1-16(2)12-17(8-14(10-19)20-16)9-15-7-13(11-21-15)5-3-4-6-18/h7,11,14,18-19H,4,6,8-10,12H2,1-2H3. The minimum Gasteiger partial charge on any atom is -0.395 e. The third-order valence-electron chi connectivity index (χ3n) is 3.26. The van der Waals surface area contributed by atoms with Crippen molar-refractivity contribution in [2.75, 3.05) is 26.3 Å². The molecule has 0 spiro atoms. The number of thiophene rings is 1. The van der Waals surface area contributed by atoms with Crippen LogP contribution in [0.4, 0.5) is 0 Å². The van der Waals surface area contributed by atoms with Gasteiger partial charge in [0.2, 0.25) is 0 Å². The lowest BCUT2D eigenvalue weighted by Crippen LogP contribution is -2.53. The molecule has 116 valence electrons. The first-order chi connectivity index (χ1) is 10.0. The van der Waals surface area contributed by atoms with Crippen molar-refractivity contribution < 1.29 is 14.9 Å². The molecule has 2 heterocycles. The Kier molecular flexibility index (Phi) is 5.80. The molecule has 1 aliphatic rings. The average Bonchev–Trinajstić information content (AvgIpc) is 2.84. The number of ether oxygens (including phenoxy) is 1. The number of hydrogen-bond acceptors (Lipinski definition) is 5. The van der Waals surface area contributed by atoms with E-state index in [1.165, 1.54) is 4.88 Å². The van der Waals surface area contributed by atoms with E-state index in [0.29, 0.717) is 6.42 Å². The predicted molar refractivity (Wildman–Crippen MR) is 84.2 cm³/mol. The van der Waals surface area contributed by atoms with Crippen LogP contribution < -0.4 is 0 Å². The molecule has 1 aromatic heterocycles. The Bertz CT molecular complexity index is 515. The maximum Gasteiger partial charge on any atom is 0.0940 e. The summed E-state index contributed by atoms with van der Waals surface area (Å²) >= 11 is 1.70. The topological polar surface area (TPSA) is 52.9 Å². The van der Waals surface area contributed by atoms with Gasteiger partial charge < -0.3 is 14.9 Å². The molecule has 1 saturated heterocycles. The van der Waals surface area contributed by atoms with Gasteiger partial charge in [0.05, 0.1) is 24.9 Å². The summed E-state index contributed by atoms with van der Waals surface area (Å²) in [6.45, 7) is 6.74. The highest BCUT2D eigenvalue weighted by Crippen LogP contribution is 2.24. The SMILES string of the molecule is CC1(C)CN(Cc2cc(C#CCCO)cs2)CC(CO)O1. The molecule has 5 heteroatoms. The van der Waals surface area contributed by atoms with Crippen molar-refractivity contribution >= 4 is 11.3 Å². The number of rotatable bonds is 4. The first-order valence-electron chi connectivity index (χ1n) is 7.20. The Morgan fingerprint density at radius 2 is 2.29 bits per heavy atom. The molecule has 2 rings (SSSR count). The van der Waals surface area contributed by atoms with E-state index < -0.39 is 0 Å². The fraction of sp³-hybridized carbons (Fsp3) is 0.625. The third-order valence-corrected chi connectivity index (χ3v) is 4.18. The summed E-state index contributed by atoms with van der Waals surface area (Å²) in [5.41, 5.74) is 0.779. The van der Waals surface area contributed by atoms with Gasteiger partial charge in [0.1, 0.15) is 0 Å². The van der Waals surface area contributed by atoms with Crippen LogP contribution in [0.25, 0.3) is 0 Å². The van der Waals surface area contributed by atoms with Gasteiger partial charge in [-0.15, -0.1) is 11.3 Å². The number of morpholine rings is 1. The molecule has 1 aromatic rings. The Hall–Kier alpha value is -0.900. The van der Waals surface area contributed by atoms with Gasteiger partial charge in [-0.2, -0.15) is 0 Å². The number of hydrogen-bond donors (Lipinski definition) is 2. The fourth-order valence-electron chi connectivity index (χ4n) is 2.60. The second-order valence-electron chi connectivity index (χ2n) is 5.93. The zero-order valence-electron chi connectivity index (χ0n) is 12.6. The molecule has 0 radical (unpaired) electrons. The summed E-state index contributed by atoms with van der Waals surface area (Å²) in [5, 5.41) is 20.1. The van der Waals surface area contributed by atoms with Crippen LogP contribution in [0.5, 0.6) is 0 Å². The van der Waals surface area contributed by atoms with Crippen LogP contribution in [-0.2, 0) is 11.3 Å². The molecule has 0 saturated carbocycles. The van der Waals surface area contributed by atoms with Crippen LogP contribution in [0, 0.1) is 11.8 Å². The Balaban J connectivity index is 1.96. The van der Waals surface area contributed by atoms with Gasteiger partial charge in [-0.05, 0) is 19.9 Å². The lowest BCUT2D eigenvalue weighted by atomic mass is 10.1. The van der Waals surface area contributed by atoms with Crippen LogP contribution in [0.15, 0.2) is 11.4 Å². The van der Waals surface area contributed by atoms with Crippen molar-refractivity contribution in [3.05, 3.63) is 21.9 Å². The maximum absolute atomic E-state index is 9.34. The van der Waals surface area contributed by atoms with Crippen LogP contribution >= 0.6 is 11.3 Å². The molecule has 0 amide bonds. The van der Waals surface area contributed by atoms with Crippen molar-refractivity contribution in [3.8, 4) is 11.8 Å². The zero-order valence-corrected chi connectivity index (χ0v) is 13.4. The van der Waals surface area contributed by atoms with Gasteiger partial charge in [0, 0.05) is 41.9 Å². The van der Waals surface area contributed by atoms with Crippen LogP contribution in [-0.4, -0.2) is 53.1 Å². The molecule has 2 N–H and O–H groups in total. The van der Waals surface area contributed by atoms with Crippen molar-refractivity contribution in [1.82, 2.24) is 4.90 Å². The third kappa shape index (κ3) is 5.10. The van der Waals surface area contributed by atoms with Gasteiger partial charge in [0.25, 0.3) is 0 Å². The first kappa shape index (κ1) is 16.5. The van der Waals surface area contributed by atoms with Gasteiger partial charge in [-0.3, -0.25) is 4.90 Å². The number of aliphatic hydroxyl groups is 2. The van der Waals surface area contributed by atoms with Crippen LogP contribution in [0.2, 0.25) is 0 Å². The Labute approximate surface area is 130 Å². The van der Waals surface area contributed by atoms with Gasteiger partial charge in [-0.1, -0.05) is 11.8 Å². The second-order valence-corrected chi connectivity index (χ2v) is 6.92. The van der Waals surface area contributed by atoms with E-state index in [-0.39, 0.29) is 24.9 Å². The number of nitrogens with zero attached hydrogens (tertiary/aromatic N) is 1. The molecule has 4 nitrogen and oxygen atoms in total. The quantitative estimate of drug-likeness (QED) is 0.827. The van der Waals surface area contributed by atoms with E-state index in [4.69, 9.17) is 9.84 Å². The lowest BCUT2D eigenvalue weighted by Gasteiger charge is -2.42. The lowest BCUT2D eigenvalue weighted by molar-refractivity contribution is -0.150. The summed E-state index contributed by atoms with van der Waals surface area (Å²) < 4.78 is 5.83. The highest BCUT2D eigenvalue weighted by molar-refractivity contribution is 7.10. The van der Waals surface area contributed by atoms with E-state index in [2.05, 4.69) is 42.0 Å². The first-order valence-corrected chi connectivity index (χ1v) is 8.08. The highest BCUT2D eigenvalue weighted by atomic mass is 32.1. The molecule has 1 aliphatic heterocycles. The van der Waals surface area contributed by atoms with Crippen molar-refractivity contribution in [2.45, 2.75) is 38.5 Å². The maximum atomic E-state index is 9.34. The molecule has 21 heavy (non-hydrogen) atoms. The average molecular weight is 309 g/mol. The molecular weight excluding hydrogens is 286 g/mol. The Morgan fingerprint density at radius 1 is 1.48 bits per heavy atom. The smallest absolute Gasteiger partial charge is 0.0940 e. The van der Waals surface area contributed by atoms with Crippen molar-refractivity contribution in [3.63, 3.8) is 0 Å². The highest BCUT2D eigenvalue weighted by Gasteiger charge is 2.32. The van der Waals surface area contributed by atoms with E-state index in [0.717, 1.165) is 25.2 Å². The minimum atomic E-state index is -0.229. The van der Waals surface area contributed by atoms with Crippen LogP contribution in [0.1, 0.15) is 30.7 Å². The largest absolute Gasteiger partial charge is 0.395 e. The normalized spacial score (nSPS) is 21.8. The summed E-state index contributed by atoms with van der Waals surface area (Å²) in [6, 6.07) is 2.10. The molecule has 0 aromatic carbocycles. The van der Waals surface area contributed by atoms with Crippen molar-refractivity contribution in [2.24, 2.45) is 0 Å². The summed E-state index contributed by atoms with van der Waals surface area (Å²) in [7, 11) is 0. The summed E-state index contributed by atoms with van der Waals surface area (Å²) in [4.78, 5) is 3.58. The van der Waals surface area contributed by atoms with Gasteiger partial charge in [-0.25, -0.2) is 0 Å². The zero-order chi connectivity index (χ0) is 15.3. The minimum absolute atomic E-state index is 0.0578.